The Labute approximate surface area is 128 Å². The lowest BCUT2D eigenvalue weighted by atomic mass is 10.3. The molecule has 5 heteroatoms. The van der Waals surface area contributed by atoms with Crippen molar-refractivity contribution in [2.45, 2.75) is 10.3 Å². The third kappa shape index (κ3) is 2.89. The summed E-state index contributed by atoms with van der Waals surface area (Å²) in [6, 6.07) is 12.7. The first kappa shape index (κ1) is 13.2. The van der Waals surface area contributed by atoms with E-state index in [1.807, 2.05) is 6.07 Å². The van der Waals surface area contributed by atoms with Gasteiger partial charge in [-0.2, -0.15) is 0 Å². The van der Waals surface area contributed by atoms with Gasteiger partial charge in [-0.15, -0.1) is 11.3 Å². The zero-order valence-electron chi connectivity index (χ0n) is 10.1. The molecule has 0 aliphatic heterocycles. The molecule has 0 saturated carbocycles. The number of fused-ring (bicyclic) bond motifs is 1. The fourth-order valence-electron chi connectivity index (χ4n) is 1.98. The zero-order chi connectivity index (χ0) is 13.2. The molecule has 1 atom stereocenters. The minimum Gasteiger partial charge on any atom is -0.350 e. The van der Waals surface area contributed by atoms with Gasteiger partial charge in [-0.3, -0.25) is 0 Å². The number of benzene rings is 1. The Morgan fingerprint density at radius 2 is 2.16 bits per heavy atom. The van der Waals surface area contributed by atoms with Gasteiger partial charge in [0.15, 0.2) is 0 Å². The Morgan fingerprint density at radius 1 is 1.32 bits per heavy atom. The number of para-hydroxylation sites is 1. The number of thiophene rings is 1. The number of halogens is 1. The lowest BCUT2D eigenvalue weighted by molar-refractivity contribution is 0.956. The quantitative estimate of drug-likeness (QED) is 0.663. The van der Waals surface area contributed by atoms with Gasteiger partial charge in [-0.1, -0.05) is 30.0 Å². The second kappa shape index (κ2) is 5.71. The van der Waals surface area contributed by atoms with E-state index in [4.69, 9.17) is 5.73 Å². The van der Waals surface area contributed by atoms with E-state index in [0.29, 0.717) is 11.8 Å². The van der Waals surface area contributed by atoms with E-state index in [1.165, 1.54) is 20.8 Å². The van der Waals surface area contributed by atoms with Crippen molar-refractivity contribution in [1.29, 1.82) is 0 Å². The highest BCUT2D eigenvalue weighted by molar-refractivity contribution is 9.10. The summed E-state index contributed by atoms with van der Waals surface area (Å²) in [5, 5.41) is 4.81. The number of aromatic nitrogens is 1. The Hall–Kier alpha value is -0.750. The van der Waals surface area contributed by atoms with E-state index in [1.54, 1.807) is 23.1 Å². The third-order valence-electron chi connectivity index (χ3n) is 2.89. The average molecular weight is 353 g/mol. The highest BCUT2D eigenvalue weighted by Crippen LogP contribution is 2.38. The zero-order valence-corrected chi connectivity index (χ0v) is 13.3. The van der Waals surface area contributed by atoms with Crippen LogP contribution in [0.3, 0.4) is 0 Å². The van der Waals surface area contributed by atoms with Crippen LogP contribution in [0.1, 0.15) is 10.1 Å². The van der Waals surface area contributed by atoms with Crippen molar-refractivity contribution in [3.05, 3.63) is 51.1 Å². The average Bonchev–Trinajstić information content (AvgIpc) is 3.01. The summed E-state index contributed by atoms with van der Waals surface area (Å²) in [7, 11) is 0. The van der Waals surface area contributed by atoms with Gasteiger partial charge in [0.2, 0.25) is 0 Å². The fraction of sp³-hybridized carbons (Fsp3) is 0.143. The Bertz CT molecular complexity index is 656. The van der Waals surface area contributed by atoms with E-state index >= 15 is 0 Å². The van der Waals surface area contributed by atoms with Gasteiger partial charge in [-0.05, 0) is 34.1 Å². The van der Waals surface area contributed by atoms with Crippen LogP contribution in [0, 0.1) is 0 Å². The SMILES string of the molecule is NCC(Sc1cc2ccccc2[nH]1)c1cc(Br)cs1. The maximum atomic E-state index is 5.91. The van der Waals surface area contributed by atoms with Gasteiger partial charge in [0, 0.05) is 32.2 Å². The topological polar surface area (TPSA) is 41.8 Å². The van der Waals surface area contributed by atoms with Crippen molar-refractivity contribution in [3.63, 3.8) is 0 Å². The van der Waals surface area contributed by atoms with Gasteiger partial charge in [-0.25, -0.2) is 0 Å². The highest BCUT2D eigenvalue weighted by atomic mass is 79.9. The Kier molecular flexibility index (Phi) is 3.98. The number of nitrogens with two attached hydrogens (primary N) is 1. The lowest BCUT2D eigenvalue weighted by Crippen LogP contribution is -2.07. The molecule has 0 saturated heterocycles. The molecule has 1 aromatic carbocycles. The molecule has 0 aliphatic rings. The van der Waals surface area contributed by atoms with Gasteiger partial charge < -0.3 is 10.7 Å². The second-order valence-electron chi connectivity index (χ2n) is 4.23. The van der Waals surface area contributed by atoms with Crippen LogP contribution in [0.5, 0.6) is 0 Å². The first-order chi connectivity index (χ1) is 9.26. The summed E-state index contributed by atoms with van der Waals surface area (Å²) in [5.74, 6) is 0. The first-order valence-electron chi connectivity index (χ1n) is 5.94. The summed E-state index contributed by atoms with van der Waals surface area (Å²) >= 11 is 7.03. The van der Waals surface area contributed by atoms with Crippen LogP contribution in [0.4, 0.5) is 0 Å². The Balaban J connectivity index is 1.86. The molecule has 1 unspecified atom stereocenters. The lowest BCUT2D eigenvalue weighted by Gasteiger charge is -2.10. The number of nitrogens with one attached hydrogen (secondary N) is 1. The third-order valence-corrected chi connectivity index (χ3v) is 6.05. The van der Waals surface area contributed by atoms with Crippen molar-refractivity contribution in [1.82, 2.24) is 4.98 Å². The molecule has 2 nitrogen and oxygen atoms in total. The van der Waals surface area contributed by atoms with Crippen LogP contribution < -0.4 is 5.73 Å². The molecule has 0 aliphatic carbocycles. The standard InChI is InChI=1S/C14H13BrN2S2/c15-10-6-12(18-8-10)13(7-16)19-14-5-9-3-1-2-4-11(9)17-14/h1-6,8,13,17H,7,16H2. The minimum atomic E-state index is 0.296. The maximum Gasteiger partial charge on any atom is 0.0739 e. The van der Waals surface area contributed by atoms with Crippen LogP contribution in [-0.2, 0) is 0 Å². The van der Waals surface area contributed by atoms with Crippen molar-refractivity contribution in [2.75, 3.05) is 6.54 Å². The Morgan fingerprint density at radius 3 is 2.84 bits per heavy atom. The number of hydrogen-bond donors (Lipinski definition) is 2. The predicted octanol–water partition coefficient (Wildman–Crippen LogP) is 4.78. The summed E-state index contributed by atoms with van der Waals surface area (Å²) in [6.07, 6.45) is 0. The van der Waals surface area contributed by atoms with Crippen LogP contribution in [0.2, 0.25) is 0 Å². The van der Waals surface area contributed by atoms with Gasteiger partial charge in [0.05, 0.1) is 10.3 Å². The molecule has 3 N–H and O–H groups in total. The van der Waals surface area contributed by atoms with Gasteiger partial charge in [0.25, 0.3) is 0 Å². The maximum absolute atomic E-state index is 5.91. The molecule has 2 heterocycles. The molecule has 98 valence electrons. The molecule has 0 spiro atoms. The molecule has 0 fully saturated rings. The minimum absolute atomic E-state index is 0.296. The predicted molar refractivity (Wildman–Crippen MR) is 88.0 cm³/mol. The number of aromatic amines is 1. The van der Waals surface area contributed by atoms with Crippen molar-refractivity contribution < 1.29 is 0 Å². The van der Waals surface area contributed by atoms with Crippen LogP contribution in [0.15, 0.2) is 51.3 Å². The van der Waals surface area contributed by atoms with E-state index < -0.39 is 0 Å². The summed E-state index contributed by atoms with van der Waals surface area (Å²) in [6.45, 7) is 0.632. The summed E-state index contributed by atoms with van der Waals surface area (Å²) in [4.78, 5) is 4.74. The molecular weight excluding hydrogens is 340 g/mol. The normalized spacial score (nSPS) is 12.9. The van der Waals surface area contributed by atoms with Gasteiger partial charge >= 0.3 is 0 Å². The molecule has 0 bridgehead atoms. The monoisotopic (exact) mass is 352 g/mol. The fourth-order valence-corrected chi connectivity index (χ4v) is 4.68. The van der Waals surface area contributed by atoms with Crippen molar-refractivity contribution in [2.24, 2.45) is 5.73 Å². The molecule has 19 heavy (non-hydrogen) atoms. The van der Waals surface area contributed by atoms with E-state index in [-0.39, 0.29) is 0 Å². The van der Waals surface area contributed by atoms with E-state index in [9.17, 15) is 0 Å². The van der Waals surface area contributed by atoms with Crippen molar-refractivity contribution >= 4 is 49.9 Å². The highest BCUT2D eigenvalue weighted by Gasteiger charge is 2.15. The number of rotatable bonds is 4. The largest absolute Gasteiger partial charge is 0.350 e. The van der Waals surface area contributed by atoms with Crippen LogP contribution >= 0.6 is 39.0 Å². The second-order valence-corrected chi connectivity index (χ2v) is 7.33. The number of thioether (sulfide) groups is 1. The van der Waals surface area contributed by atoms with Gasteiger partial charge in [0.1, 0.15) is 0 Å². The van der Waals surface area contributed by atoms with Crippen LogP contribution in [-0.4, -0.2) is 11.5 Å². The molecular formula is C14H13BrN2S2. The smallest absolute Gasteiger partial charge is 0.0739 e. The summed E-state index contributed by atoms with van der Waals surface area (Å²) < 4.78 is 1.13. The molecule has 3 rings (SSSR count). The summed E-state index contributed by atoms with van der Waals surface area (Å²) in [5.41, 5.74) is 7.09. The first-order valence-corrected chi connectivity index (χ1v) is 8.50. The van der Waals surface area contributed by atoms with Crippen molar-refractivity contribution in [3.8, 4) is 0 Å². The molecule has 0 amide bonds. The number of hydrogen-bond acceptors (Lipinski definition) is 3. The number of H-pyrrole nitrogens is 1. The molecule has 0 radical (unpaired) electrons. The van der Waals surface area contributed by atoms with E-state index in [2.05, 4.69) is 56.6 Å². The van der Waals surface area contributed by atoms with E-state index in [0.717, 1.165) is 4.47 Å². The van der Waals surface area contributed by atoms with Crippen LogP contribution in [0.25, 0.3) is 10.9 Å². The molecule has 2 aromatic heterocycles. The molecule has 3 aromatic rings.